The molecule has 0 saturated carbocycles. The second-order valence-corrected chi connectivity index (χ2v) is 5.84. The number of aromatic nitrogens is 5. The van der Waals surface area contributed by atoms with Crippen molar-refractivity contribution in [2.45, 2.75) is 13.8 Å². The summed E-state index contributed by atoms with van der Waals surface area (Å²) < 4.78 is 3.27. The molecule has 0 unspecified atom stereocenters. The molecule has 3 aromatic heterocycles. The third kappa shape index (κ3) is 1.89. The summed E-state index contributed by atoms with van der Waals surface area (Å²) in [6.07, 6.45) is 3.00. The second kappa shape index (κ2) is 4.94. The maximum absolute atomic E-state index is 12.0. The smallest absolute Gasteiger partial charge is 0.254 e. The van der Waals surface area contributed by atoms with Crippen LogP contribution in [0.15, 0.2) is 24.8 Å². The Morgan fingerprint density at radius 1 is 1.24 bits per heavy atom. The Kier molecular flexibility index (Phi) is 2.95. The topological polar surface area (TPSA) is 137 Å². The molecule has 4 aromatic rings. The molecule has 25 heavy (non-hydrogen) atoms. The maximum atomic E-state index is 12.0. The van der Waals surface area contributed by atoms with Crippen LogP contribution in [0.2, 0.25) is 0 Å². The number of carbonyl (C=O) groups is 1. The molecule has 0 aliphatic rings. The van der Waals surface area contributed by atoms with E-state index in [4.69, 9.17) is 11.5 Å². The van der Waals surface area contributed by atoms with E-state index in [1.54, 1.807) is 28.0 Å². The molecule has 9 heteroatoms. The molecule has 0 bridgehead atoms. The van der Waals surface area contributed by atoms with Crippen molar-refractivity contribution >= 4 is 28.4 Å². The van der Waals surface area contributed by atoms with Gasteiger partial charge < -0.3 is 16.6 Å². The van der Waals surface area contributed by atoms with E-state index in [9.17, 15) is 9.90 Å². The number of anilines is 1. The van der Waals surface area contributed by atoms with E-state index in [-0.39, 0.29) is 17.1 Å². The Morgan fingerprint density at radius 3 is 2.72 bits per heavy atom. The van der Waals surface area contributed by atoms with Gasteiger partial charge in [-0.1, -0.05) is 6.07 Å². The quantitative estimate of drug-likeness (QED) is 0.500. The highest BCUT2D eigenvalue weighted by atomic mass is 16.3. The number of fused-ring (bicyclic) bond motifs is 3. The predicted molar refractivity (Wildman–Crippen MR) is 91.7 cm³/mol. The van der Waals surface area contributed by atoms with Gasteiger partial charge in [0.15, 0.2) is 5.65 Å². The molecular weight excluding hydrogens is 322 g/mol. The Balaban J connectivity index is 2.29. The first-order valence-corrected chi connectivity index (χ1v) is 7.49. The van der Waals surface area contributed by atoms with Gasteiger partial charge >= 0.3 is 0 Å². The maximum Gasteiger partial charge on any atom is 0.254 e. The van der Waals surface area contributed by atoms with E-state index in [1.165, 1.54) is 12.7 Å². The number of primary amides is 1. The van der Waals surface area contributed by atoms with E-state index < -0.39 is 5.91 Å². The van der Waals surface area contributed by atoms with Crippen LogP contribution in [-0.4, -0.2) is 35.2 Å². The number of aromatic hydroxyl groups is 1. The zero-order valence-corrected chi connectivity index (χ0v) is 13.6. The highest BCUT2D eigenvalue weighted by Crippen LogP contribution is 2.36. The SMILES string of the molecule is Cc1ccc(O)c(C)c1-n1c(N)c(C(N)=O)c2ncn3cnnc3c21. The average molecular weight is 337 g/mol. The first-order chi connectivity index (χ1) is 11.9. The van der Waals surface area contributed by atoms with Gasteiger partial charge in [-0.15, -0.1) is 10.2 Å². The zero-order chi connectivity index (χ0) is 17.9. The minimum atomic E-state index is -0.687. The van der Waals surface area contributed by atoms with E-state index >= 15 is 0 Å². The molecule has 0 aliphatic carbocycles. The first kappa shape index (κ1) is 14.9. The van der Waals surface area contributed by atoms with Gasteiger partial charge in [-0.25, -0.2) is 4.98 Å². The van der Waals surface area contributed by atoms with Gasteiger partial charge in [0.1, 0.15) is 40.8 Å². The van der Waals surface area contributed by atoms with Crippen LogP contribution in [0.4, 0.5) is 5.82 Å². The van der Waals surface area contributed by atoms with Crippen LogP contribution < -0.4 is 11.5 Å². The zero-order valence-electron chi connectivity index (χ0n) is 13.6. The van der Waals surface area contributed by atoms with Crippen LogP contribution in [0, 0.1) is 13.8 Å². The lowest BCUT2D eigenvalue weighted by molar-refractivity contribution is 0.100. The fourth-order valence-electron chi connectivity index (χ4n) is 3.17. The van der Waals surface area contributed by atoms with E-state index in [2.05, 4.69) is 15.2 Å². The predicted octanol–water partition coefficient (Wildman–Crippen LogP) is 1.07. The number of nitrogen functional groups attached to an aromatic ring is 1. The van der Waals surface area contributed by atoms with Gasteiger partial charge in [0, 0.05) is 5.56 Å². The lowest BCUT2D eigenvalue weighted by atomic mass is 10.1. The van der Waals surface area contributed by atoms with Crippen LogP contribution in [-0.2, 0) is 0 Å². The van der Waals surface area contributed by atoms with E-state index in [0.29, 0.717) is 27.9 Å². The lowest BCUT2D eigenvalue weighted by Crippen LogP contribution is -2.14. The summed E-state index contributed by atoms with van der Waals surface area (Å²) in [5.74, 6) is -0.431. The second-order valence-electron chi connectivity index (χ2n) is 5.84. The molecule has 0 radical (unpaired) electrons. The minimum absolute atomic E-state index is 0.114. The number of benzene rings is 1. The minimum Gasteiger partial charge on any atom is -0.508 e. The first-order valence-electron chi connectivity index (χ1n) is 7.49. The molecule has 0 aliphatic heterocycles. The van der Waals surface area contributed by atoms with Gasteiger partial charge in [0.2, 0.25) is 0 Å². The molecule has 5 N–H and O–H groups in total. The van der Waals surface area contributed by atoms with Crippen molar-refractivity contribution in [1.82, 2.24) is 24.1 Å². The number of nitrogens with zero attached hydrogens (tertiary/aromatic N) is 5. The molecular formula is C16H15N7O2. The number of phenols is 1. The largest absolute Gasteiger partial charge is 0.508 e. The van der Waals surface area contributed by atoms with Crippen molar-refractivity contribution in [2.24, 2.45) is 5.73 Å². The molecule has 1 aromatic carbocycles. The third-order valence-electron chi connectivity index (χ3n) is 4.35. The van der Waals surface area contributed by atoms with Crippen LogP contribution in [0.1, 0.15) is 21.5 Å². The Labute approximate surface area is 141 Å². The fourth-order valence-corrected chi connectivity index (χ4v) is 3.17. The number of amides is 1. The third-order valence-corrected chi connectivity index (χ3v) is 4.35. The average Bonchev–Trinajstić information content (AvgIpc) is 3.14. The van der Waals surface area contributed by atoms with Crippen molar-refractivity contribution < 1.29 is 9.90 Å². The van der Waals surface area contributed by atoms with E-state index in [1.807, 2.05) is 6.92 Å². The number of phenolic OH excluding ortho intramolecular Hbond substituents is 1. The van der Waals surface area contributed by atoms with Gasteiger partial charge in [0.25, 0.3) is 5.91 Å². The normalized spacial score (nSPS) is 11.4. The van der Waals surface area contributed by atoms with Crippen LogP contribution >= 0.6 is 0 Å². The highest BCUT2D eigenvalue weighted by Gasteiger charge is 2.26. The monoisotopic (exact) mass is 337 g/mol. The Hall–Kier alpha value is -3.62. The highest BCUT2D eigenvalue weighted by molar-refractivity contribution is 6.12. The summed E-state index contributed by atoms with van der Waals surface area (Å²) in [4.78, 5) is 16.3. The summed E-state index contributed by atoms with van der Waals surface area (Å²) in [6.45, 7) is 3.65. The van der Waals surface area contributed by atoms with Gasteiger partial charge in [-0.2, -0.15) is 0 Å². The number of nitrogens with two attached hydrogens (primary N) is 2. The summed E-state index contributed by atoms with van der Waals surface area (Å²) in [7, 11) is 0. The van der Waals surface area contributed by atoms with Gasteiger partial charge in [-0.05, 0) is 25.5 Å². The summed E-state index contributed by atoms with van der Waals surface area (Å²) in [5, 5.41) is 18.1. The van der Waals surface area contributed by atoms with Crippen molar-refractivity contribution in [2.75, 3.05) is 5.73 Å². The molecule has 3 heterocycles. The molecule has 1 amide bonds. The molecule has 0 atom stereocenters. The summed E-state index contributed by atoms with van der Waals surface area (Å²) >= 11 is 0. The van der Waals surface area contributed by atoms with Gasteiger partial charge in [-0.3, -0.25) is 13.8 Å². The molecule has 9 nitrogen and oxygen atoms in total. The van der Waals surface area contributed by atoms with Crippen molar-refractivity contribution in [3.8, 4) is 11.4 Å². The van der Waals surface area contributed by atoms with Crippen molar-refractivity contribution in [1.29, 1.82) is 0 Å². The molecule has 4 rings (SSSR count). The summed E-state index contributed by atoms with van der Waals surface area (Å²) in [5.41, 5.74) is 15.4. The molecule has 126 valence electrons. The molecule has 0 spiro atoms. The van der Waals surface area contributed by atoms with Crippen molar-refractivity contribution in [3.05, 3.63) is 41.5 Å². The number of hydrogen-bond donors (Lipinski definition) is 3. The van der Waals surface area contributed by atoms with Gasteiger partial charge in [0.05, 0.1) is 5.69 Å². The Morgan fingerprint density at radius 2 is 2.00 bits per heavy atom. The lowest BCUT2D eigenvalue weighted by Gasteiger charge is -2.15. The Bertz CT molecular complexity index is 1170. The fraction of sp³-hybridized carbons (Fsp3) is 0.125. The molecule has 0 fully saturated rings. The summed E-state index contributed by atoms with van der Waals surface area (Å²) in [6, 6.07) is 3.38. The standard InChI is InChI=1S/C16H15N7O2/c1-7-3-4-9(24)8(2)12(7)23-13-11(10(14(23)17)15(18)25)19-5-22-6-20-21-16(13)22/h3-6,24H,17H2,1-2H3,(H2,18,25). The van der Waals surface area contributed by atoms with E-state index in [0.717, 1.165) is 5.56 Å². The van der Waals surface area contributed by atoms with Crippen molar-refractivity contribution in [3.63, 3.8) is 0 Å². The number of hydrogen-bond acceptors (Lipinski definition) is 6. The number of rotatable bonds is 2. The van der Waals surface area contributed by atoms with Crippen LogP contribution in [0.3, 0.4) is 0 Å². The van der Waals surface area contributed by atoms with Crippen LogP contribution in [0.5, 0.6) is 5.75 Å². The van der Waals surface area contributed by atoms with Crippen LogP contribution in [0.25, 0.3) is 22.4 Å². The number of aryl methyl sites for hydroxylation is 1. The molecule has 0 saturated heterocycles. The number of carbonyl (C=O) groups excluding carboxylic acids is 1.